The number of hydrogen-bond donors (Lipinski definition) is 1. The van der Waals surface area contributed by atoms with Crippen molar-refractivity contribution in [2.75, 3.05) is 6.54 Å². The lowest BCUT2D eigenvalue weighted by molar-refractivity contribution is 0.0942. The van der Waals surface area contributed by atoms with E-state index < -0.39 is 5.82 Å². The molecule has 1 aromatic carbocycles. The van der Waals surface area contributed by atoms with Crippen LogP contribution in [0.25, 0.3) is 0 Å². The molecular formula is C16H20FN3O. The first kappa shape index (κ1) is 15.2. The van der Waals surface area contributed by atoms with Crippen LogP contribution < -0.4 is 5.32 Å². The lowest BCUT2D eigenvalue weighted by Gasteiger charge is -2.14. The minimum atomic E-state index is -0.499. The van der Waals surface area contributed by atoms with Crippen LogP contribution in [0.4, 0.5) is 4.39 Å². The highest BCUT2D eigenvalue weighted by Crippen LogP contribution is 2.08. The first-order chi connectivity index (χ1) is 9.97. The van der Waals surface area contributed by atoms with E-state index in [4.69, 9.17) is 0 Å². The van der Waals surface area contributed by atoms with Gasteiger partial charge in [-0.25, -0.2) is 4.39 Å². The van der Waals surface area contributed by atoms with Crippen LogP contribution in [0.3, 0.4) is 0 Å². The number of amides is 1. The predicted molar refractivity (Wildman–Crippen MR) is 79.6 cm³/mol. The number of aromatic nitrogens is 2. The van der Waals surface area contributed by atoms with Gasteiger partial charge < -0.3 is 5.32 Å². The van der Waals surface area contributed by atoms with Crippen LogP contribution in [0, 0.1) is 25.6 Å². The van der Waals surface area contributed by atoms with Gasteiger partial charge in [-0.05, 0) is 38.0 Å². The van der Waals surface area contributed by atoms with Crippen molar-refractivity contribution in [1.29, 1.82) is 0 Å². The highest BCUT2D eigenvalue weighted by atomic mass is 19.1. The Morgan fingerprint density at radius 1 is 1.38 bits per heavy atom. The quantitative estimate of drug-likeness (QED) is 0.920. The number of aryl methyl sites for hydroxylation is 2. The lowest BCUT2D eigenvalue weighted by Crippen LogP contribution is -2.30. The summed E-state index contributed by atoms with van der Waals surface area (Å²) in [6, 6.07) is 8.00. The van der Waals surface area contributed by atoms with E-state index in [1.54, 1.807) is 12.1 Å². The summed E-state index contributed by atoms with van der Waals surface area (Å²) >= 11 is 0. The van der Waals surface area contributed by atoms with Crippen molar-refractivity contribution in [1.82, 2.24) is 15.1 Å². The SMILES string of the molecule is Cc1cc(C)n(C[C@@H](C)CNC(=O)c2ccccc2F)n1. The van der Waals surface area contributed by atoms with Crippen LogP contribution in [-0.4, -0.2) is 22.2 Å². The molecular weight excluding hydrogens is 269 g/mol. The highest BCUT2D eigenvalue weighted by molar-refractivity contribution is 5.94. The third-order valence-electron chi connectivity index (χ3n) is 3.32. The monoisotopic (exact) mass is 289 g/mol. The Morgan fingerprint density at radius 2 is 2.10 bits per heavy atom. The molecule has 0 saturated heterocycles. The van der Waals surface area contributed by atoms with Crippen molar-refractivity contribution < 1.29 is 9.18 Å². The Kier molecular flexibility index (Phi) is 4.73. The van der Waals surface area contributed by atoms with Gasteiger partial charge in [0, 0.05) is 18.8 Å². The number of carbonyl (C=O) groups excluding carboxylic acids is 1. The zero-order valence-electron chi connectivity index (χ0n) is 12.6. The summed E-state index contributed by atoms with van der Waals surface area (Å²) in [5.74, 6) is -0.673. The number of halogens is 1. The summed E-state index contributed by atoms with van der Waals surface area (Å²) in [6.07, 6.45) is 0. The van der Waals surface area contributed by atoms with Crippen LogP contribution in [0.5, 0.6) is 0 Å². The highest BCUT2D eigenvalue weighted by Gasteiger charge is 2.12. The molecule has 5 heteroatoms. The van der Waals surface area contributed by atoms with Gasteiger partial charge in [0.15, 0.2) is 0 Å². The van der Waals surface area contributed by atoms with Crippen LogP contribution in [0.2, 0.25) is 0 Å². The Balaban J connectivity index is 1.89. The molecule has 0 saturated carbocycles. The summed E-state index contributed by atoms with van der Waals surface area (Å²) in [5, 5.41) is 7.16. The van der Waals surface area contributed by atoms with E-state index in [9.17, 15) is 9.18 Å². The second-order valence-electron chi connectivity index (χ2n) is 5.40. The Morgan fingerprint density at radius 3 is 2.71 bits per heavy atom. The Hall–Kier alpha value is -2.17. The molecule has 0 bridgehead atoms. The fraction of sp³-hybridized carbons (Fsp3) is 0.375. The minimum Gasteiger partial charge on any atom is -0.352 e. The predicted octanol–water partition coefficient (Wildman–Crippen LogP) is 2.71. The third-order valence-corrected chi connectivity index (χ3v) is 3.32. The number of rotatable bonds is 5. The van der Waals surface area contributed by atoms with Gasteiger partial charge in [0.25, 0.3) is 5.91 Å². The largest absolute Gasteiger partial charge is 0.352 e. The fourth-order valence-corrected chi connectivity index (χ4v) is 2.23. The van der Waals surface area contributed by atoms with Gasteiger partial charge in [0.05, 0.1) is 11.3 Å². The van der Waals surface area contributed by atoms with Crippen LogP contribution in [-0.2, 0) is 6.54 Å². The molecule has 4 nitrogen and oxygen atoms in total. The van der Waals surface area contributed by atoms with Gasteiger partial charge in [0.1, 0.15) is 5.82 Å². The van der Waals surface area contributed by atoms with E-state index in [0.717, 1.165) is 17.9 Å². The van der Waals surface area contributed by atoms with Crippen LogP contribution in [0.1, 0.15) is 28.7 Å². The van der Waals surface area contributed by atoms with Crippen LogP contribution >= 0.6 is 0 Å². The van der Waals surface area contributed by atoms with E-state index >= 15 is 0 Å². The smallest absolute Gasteiger partial charge is 0.254 e. The van der Waals surface area contributed by atoms with Crippen molar-refractivity contribution in [3.63, 3.8) is 0 Å². The molecule has 1 amide bonds. The van der Waals surface area contributed by atoms with E-state index in [-0.39, 0.29) is 17.4 Å². The molecule has 2 rings (SSSR count). The summed E-state index contributed by atoms with van der Waals surface area (Å²) in [5.41, 5.74) is 2.16. The molecule has 2 aromatic rings. The van der Waals surface area contributed by atoms with Gasteiger partial charge in [0.2, 0.25) is 0 Å². The molecule has 1 N–H and O–H groups in total. The molecule has 0 aliphatic carbocycles. The van der Waals surface area contributed by atoms with E-state index in [0.29, 0.717) is 6.54 Å². The average Bonchev–Trinajstić information content (AvgIpc) is 2.74. The van der Waals surface area contributed by atoms with Gasteiger partial charge in [-0.2, -0.15) is 5.10 Å². The number of nitrogens with one attached hydrogen (secondary N) is 1. The molecule has 1 heterocycles. The second kappa shape index (κ2) is 6.52. The topological polar surface area (TPSA) is 46.9 Å². The molecule has 0 aliphatic heterocycles. The van der Waals surface area contributed by atoms with E-state index in [2.05, 4.69) is 10.4 Å². The molecule has 0 radical (unpaired) electrons. The van der Waals surface area contributed by atoms with Crippen molar-refractivity contribution >= 4 is 5.91 Å². The molecule has 1 atom stereocenters. The maximum atomic E-state index is 13.5. The molecule has 112 valence electrons. The first-order valence-corrected chi connectivity index (χ1v) is 7.01. The van der Waals surface area contributed by atoms with Crippen molar-refractivity contribution in [2.24, 2.45) is 5.92 Å². The maximum Gasteiger partial charge on any atom is 0.254 e. The third kappa shape index (κ3) is 3.90. The summed E-state index contributed by atoms with van der Waals surface area (Å²) in [6.45, 7) is 7.18. The molecule has 0 spiro atoms. The Bertz CT molecular complexity index is 636. The average molecular weight is 289 g/mol. The zero-order valence-corrected chi connectivity index (χ0v) is 12.6. The number of benzene rings is 1. The molecule has 0 fully saturated rings. The summed E-state index contributed by atoms with van der Waals surface area (Å²) < 4.78 is 15.4. The summed E-state index contributed by atoms with van der Waals surface area (Å²) in [4.78, 5) is 11.9. The normalized spacial score (nSPS) is 12.2. The lowest BCUT2D eigenvalue weighted by atomic mass is 10.1. The first-order valence-electron chi connectivity index (χ1n) is 7.01. The molecule has 21 heavy (non-hydrogen) atoms. The fourth-order valence-electron chi connectivity index (χ4n) is 2.23. The van der Waals surface area contributed by atoms with Crippen molar-refractivity contribution in [3.8, 4) is 0 Å². The van der Waals surface area contributed by atoms with Crippen molar-refractivity contribution in [3.05, 3.63) is 53.1 Å². The number of nitrogens with zero attached hydrogens (tertiary/aromatic N) is 2. The minimum absolute atomic E-state index is 0.0795. The zero-order chi connectivity index (χ0) is 15.4. The van der Waals surface area contributed by atoms with Gasteiger partial charge in [-0.3, -0.25) is 9.48 Å². The Labute approximate surface area is 124 Å². The van der Waals surface area contributed by atoms with Gasteiger partial charge >= 0.3 is 0 Å². The van der Waals surface area contributed by atoms with Gasteiger partial charge in [-0.15, -0.1) is 0 Å². The molecule has 0 unspecified atom stereocenters. The van der Waals surface area contributed by atoms with Gasteiger partial charge in [-0.1, -0.05) is 19.1 Å². The van der Waals surface area contributed by atoms with Crippen LogP contribution in [0.15, 0.2) is 30.3 Å². The van der Waals surface area contributed by atoms with E-state index in [1.165, 1.54) is 12.1 Å². The number of hydrogen-bond acceptors (Lipinski definition) is 2. The second-order valence-corrected chi connectivity index (χ2v) is 5.40. The molecule has 0 aliphatic rings. The maximum absolute atomic E-state index is 13.5. The van der Waals surface area contributed by atoms with E-state index in [1.807, 2.05) is 31.5 Å². The van der Waals surface area contributed by atoms with Crippen molar-refractivity contribution in [2.45, 2.75) is 27.3 Å². The molecule has 1 aromatic heterocycles. The number of carbonyl (C=O) groups is 1. The summed E-state index contributed by atoms with van der Waals surface area (Å²) in [7, 11) is 0. The standard InChI is InChI=1S/C16H20FN3O/c1-11(10-20-13(3)8-12(2)19-20)9-18-16(21)14-6-4-5-7-15(14)17/h4-8,11H,9-10H2,1-3H3,(H,18,21)/t11-/m0/s1.